The molecule has 4 heterocycles. The highest BCUT2D eigenvalue weighted by Crippen LogP contribution is 2.23. The van der Waals surface area contributed by atoms with E-state index in [0.717, 1.165) is 43.1 Å². The molecule has 8 nitrogen and oxygen atoms in total. The molecular formula is C21H25N7O. The molecule has 1 saturated heterocycles. The summed E-state index contributed by atoms with van der Waals surface area (Å²) in [6.45, 7) is 6.08. The lowest BCUT2D eigenvalue weighted by molar-refractivity contribution is 0.496. The first-order valence-corrected chi connectivity index (χ1v) is 9.85. The smallest absolute Gasteiger partial charge is 0.293 e. The third kappa shape index (κ3) is 3.87. The molecule has 1 unspecified atom stereocenters. The van der Waals surface area contributed by atoms with E-state index in [0.29, 0.717) is 24.1 Å². The Morgan fingerprint density at radius 3 is 3.00 bits per heavy atom. The Morgan fingerprint density at radius 1 is 1.38 bits per heavy atom. The number of hydrogen-bond acceptors (Lipinski definition) is 6. The highest BCUT2D eigenvalue weighted by atomic mass is 16.1. The van der Waals surface area contributed by atoms with Gasteiger partial charge in [-0.25, -0.2) is 9.67 Å². The van der Waals surface area contributed by atoms with Crippen molar-refractivity contribution in [2.45, 2.75) is 45.8 Å². The second-order valence-electron chi connectivity index (χ2n) is 7.44. The molecular weight excluding hydrogens is 366 g/mol. The summed E-state index contributed by atoms with van der Waals surface area (Å²) in [5.41, 5.74) is 8.96. The maximum atomic E-state index is 13.3. The van der Waals surface area contributed by atoms with Crippen LogP contribution in [-0.2, 0) is 13.1 Å². The fraction of sp³-hybridized carbons (Fsp3) is 0.429. The van der Waals surface area contributed by atoms with Crippen LogP contribution in [0.15, 0.2) is 29.3 Å². The molecule has 3 aromatic heterocycles. The van der Waals surface area contributed by atoms with Gasteiger partial charge in [0.25, 0.3) is 5.56 Å². The monoisotopic (exact) mass is 391 g/mol. The van der Waals surface area contributed by atoms with Crippen molar-refractivity contribution in [2.75, 3.05) is 18.0 Å². The quantitative estimate of drug-likeness (QED) is 0.674. The number of aromatic nitrogens is 5. The van der Waals surface area contributed by atoms with Gasteiger partial charge in [-0.3, -0.25) is 14.3 Å². The van der Waals surface area contributed by atoms with Crippen LogP contribution in [0, 0.1) is 18.8 Å². The Labute approximate surface area is 169 Å². The highest BCUT2D eigenvalue weighted by molar-refractivity contribution is 5.77. The van der Waals surface area contributed by atoms with E-state index >= 15 is 0 Å². The van der Waals surface area contributed by atoms with Gasteiger partial charge in [0.15, 0.2) is 0 Å². The van der Waals surface area contributed by atoms with Crippen LogP contribution in [0.4, 0.5) is 5.95 Å². The molecule has 1 fully saturated rings. The molecule has 0 spiro atoms. The molecule has 3 aromatic rings. The molecule has 0 radical (unpaired) electrons. The van der Waals surface area contributed by atoms with Gasteiger partial charge in [0, 0.05) is 25.3 Å². The van der Waals surface area contributed by atoms with E-state index < -0.39 is 0 Å². The highest BCUT2D eigenvalue weighted by Gasteiger charge is 2.24. The number of piperidine rings is 1. The van der Waals surface area contributed by atoms with E-state index in [1.165, 1.54) is 4.68 Å². The Hall–Kier alpha value is -3.18. The molecule has 0 saturated carbocycles. The van der Waals surface area contributed by atoms with E-state index in [-0.39, 0.29) is 11.6 Å². The number of hydrogen-bond donors (Lipinski definition) is 1. The zero-order valence-corrected chi connectivity index (χ0v) is 16.8. The summed E-state index contributed by atoms with van der Waals surface area (Å²) in [7, 11) is 0. The van der Waals surface area contributed by atoms with Crippen LogP contribution in [-0.4, -0.2) is 43.4 Å². The predicted octanol–water partition coefficient (Wildman–Crippen LogP) is 1.30. The number of nitrogens with zero attached hydrogens (tertiary/aromatic N) is 6. The number of rotatable bonds is 4. The van der Waals surface area contributed by atoms with Crippen LogP contribution in [0.5, 0.6) is 0 Å². The molecule has 0 aromatic carbocycles. The normalized spacial score (nSPS) is 16.7. The van der Waals surface area contributed by atoms with Gasteiger partial charge in [0.1, 0.15) is 11.0 Å². The van der Waals surface area contributed by atoms with Gasteiger partial charge in [-0.05, 0) is 44.4 Å². The lowest BCUT2D eigenvalue weighted by atomic mass is 10.1. The summed E-state index contributed by atoms with van der Waals surface area (Å²) < 4.78 is 3.33. The van der Waals surface area contributed by atoms with Crippen LogP contribution >= 0.6 is 0 Å². The fourth-order valence-corrected chi connectivity index (χ4v) is 3.77. The Kier molecular flexibility index (Phi) is 5.32. The van der Waals surface area contributed by atoms with E-state index in [2.05, 4.69) is 26.8 Å². The van der Waals surface area contributed by atoms with Gasteiger partial charge in [-0.2, -0.15) is 5.10 Å². The van der Waals surface area contributed by atoms with Crippen molar-refractivity contribution in [2.24, 2.45) is 5.73 Å². The number of aryl methyl sites for hydroxylation is 1. The van der Waals surface area contributed by atoms with Crippen molar-refractivity contribution in [3.8, 4) is 11.8 Å². The molecule has 8 heteroatoms. The topological polar surface area (TPSA) is 94.9 Å². The molecule has 0 amide bonds. The van der Waals surface area contributed by atoms with Crippen molar-refractivity contribution >= 4 is 17.0 Å². The van der Waals surface area contributed by atoms with Crippen LogP contribution < -0.4 is 16.2 Å². The average Bonchev–Trinajstić information content (AvgIpc) is 3.08. The van der Waals surface area contributed by atoms with Crippen molar-refractivity contribution in [1.29, 1.82) is 0 Å². The van der Waals surface area contributed by atoms with Crippen molar-refractivity contribution in [1.82, 2.24) is 24.3 Å². The van der Waals surface area contributed by atoms with Crippen LogP contribution in [0.25, 0.3) is 11.0 Å². The van der Waals surface area contributed by atoms with E-state index in [4.69, 9.17) is 10.7 Å². The standard InChI is InChI=1S/C21H25N7O/c1-3-4-10-27-19-18(25-21(27)26-9-5-6-16(22)13-26)12-24-28(20(19)29)14-17-11-15(2)7-8-23-17/h7-8,11-12,16H,5-6,9-10,13-14,22H2,1-2H3. The summed E-state index contributed by atoms with van der Waals surface area (Å²) >= 11 is 0. The number of fused-ring (bicyclic) bond motifs is 1. The molecule has 1 aliphatic heterocycles. The minimum absolute atomic E-state index is 0.108. The lowest BCUT2D eigenvalue weighted by Crippen LogP contribution is -2.44. The molecule has 1 atom stereocenters. The van der Waals surface area contributed by atoms with Gasteiger partial charge < -0.3 is 10.6 Å². The third-order valence-corrected chi connectivity index (χ3v) is 5.17. The SMILES string of the molecule is CC#CCn1c(N2CCCC(N)C2)nc2cnn(Cc3cc(C)ccn3)c(=O)c21. The van der Waals surface area contributed by atoms with Crippen LogP contribution in [0.3, 0.4) is 0 Å². The van der Waals surface area contributed by atoms with E-state index in [1.54, 1.807) is 19.3 Å². The predicted molar refractivity (Wildman–Crippen MR) is 113 cm³/mol. The maximum Gasteiger partial charge on any atom is 0.293 e. The van der Waals surface area contributed by atoms with E-state index in [9.17, 15) is 4.79 Å². The molecule has 0 aliphatic carbocycles. The van der Waals surface area contributed by atoms with Gasteiger partial charge in [0.05, 0.1) is 25.0 Å². The fourth-order valence-electron chi connectivity index (χ4n) is 3.77. The molecule has 0 bridgehead atoms. The largest absolute Gasteiger partial charge is 0.341 e. The maximum absolute atomic E-state index is 13.3. The summed E-state index contributed by atoms with van der Waals surface area (Å²) in [6.07, 6.45) is 5.40. The Bertz CT molecular complexity index is 1150. The van der Waals surface area contributed by atoms with Crippen molar-refractivity contribution < 1.29 is 0 Å². The second-order valence-corrected chi connectivity index (χ2v) is 7.44. The summed E-state index contributed by atoms with van der Waals surface area (Å²) in [6, 6.07) is 3.99. The Morgan fingerprint density at radius 2 is 2.24 bits per heavy atom. The zero-order chi connectivity index (χ0) is 20.4. The van der Waals surface area contributed by atoms with Gasteiger partial charge >= 0.3 is 0 Å². The Balaban J connectivity index is 1.80. The number of imidazole rings is 1. The minimum Gasteiger partial charge on any atom is -0.341 e. The molecule has 2 N–H and O–H groups in total. The van der Waals surface area contributed by atoms with Crippen molar-refractivity contribution in [3.63, 3.8) is 0 Å². The lowest BCUT2D eigenvalue weighted by Gasteiger charge is -2.31. The first-order valence-electron chi connectivity index (χ1n) is 9.85. The molecule has 4 rings (SSSR count). The van der Waals surface area contributed by atoms with Crippen LogP contribution in [0.2, 0.25) is 0 Å². The van der Waals surface area contributed by atoms with Crippen LogP contribution in [0.1, 0.15) is 31.0 Å². The van der Waals surface area contributed by atoms with Gasteiger partial charge in [0.2, 0.25) is 5.95 Å². The average molecular weight is 391 g/mol. The zero-order valence-electron chi connectivity index (χ0n) is 16.8. The molecule has 1 aliphatic rings. The van der Waals surface area contributed by atoms with E-state index in [1.807, 2.05) is 23.6 Å². The second kappa shape index (κ2) is 8.05. The minimum atomic E-state index is -0.191. The first-order chi connectivity index (χ1) is 14.1. The summed E-state index contributed by atoms with van der Waals surface area (Å²) in [5.74, 6) is 6.72. The van der Waals surface area contributed by atoms with Gasteiger partial charge in [-0.15, -0.1) is 5.92 Å². The van der Waals surface area contributed by atoms with Gasteiger partial charge in [-0.1, -0.05) is 5.92 Å². The first kappa shape index (κ1) is 19.2. The molecule has 150 valence electrons. The summed E-state index contributed by atoms with van der Waals surface area (Å²) in [4.78, 5) is 24.5. The number of anilines is 1. The number of pyridine rings is 1. The third-order valence-electron chi connectivity index (χ3n) is 5.17. The van der Waals surface area contributed by atoms with Crippen molar-refractivity contribution in [3.05, 3.63) is 46.1 Å². The molecule has 29 heavy (non-hydrogen) atoms. The summed E-state index contributed by atoms with van der Waals surface area (Å²) in [5, 5.41) is 4.34. The number of nitrogens with two attached hydrogens (primary N) is 1.